The van der Waals surface area contributed by atoms with Crippen molar-refractivity contribution in [2.75, 3.05) is 0 Å². The maximum Gasteiger partial charge on any atom is 0.0570 e. The highest BCUT2D eigenvalue weighted by molar-refractivity contribution is 7.35. The van der Waals surface area contributed by atoms with Gasteiger partial charge in [-0.2, -0.15) is 0 Å². The van der Waals surface area contributed by atoms with Crippen LogP contribution in [0.1, 0.15) is 192 Å². The Morgan fingerprint density at radius 3 is 0.388 bits per heavy atom. The fourth-order valence-corrected chi connectivity index (χ4v) is 158. The van der Waals surface area contributed by atoms with Crippen molar-refractivity contribution in [2.24, 2.45) is 0 Å². The molecule has 0 bridgehead atoms. The van der Waals surface area contributed by atoms with E-state index in [9.17, 15) is 0 Å². The fourth-order valence-electron chi connectivity index (χ4n) is 15.8. The Kier molecular flexibility index (Phi) is 17.1. The first-order valence-electron chi connectivity index (χ1n) is 27.9. The highest BCUT2D eigenvalue weighted by atomic mass is 29.2. The van der Waals surface area contributed by atoms with Crippen LogP contribution in [0.25, 0.3) is 0 Å². The van der Waals surface area contributed by atoms with Gasteiger partial charge in [0.05, 0.1) is 64.6 Å². The maximum absolute atomic E-state index is 3.08. The second-order valence-corrected chi connectivity index (χ2v) is 98.5. The summed E-state index contributed by atoms with van der Waals surface area (Å²) in [5.41, 5.74) is 0. The normalized spacial score (nSPS) is 21.6. The Labute approximate surface area is 438 Å². The quantitative estimate of drug-likeness (QED) is 0.213. The molecule has 0 nitrogen and oxygen atoms in total. The molecule has 0 N–H and O–H groups in total. The molecule has 0 spiro atoms. The van der Waals surface area contributed by atoms with E-state index < -0.39 is 80.4 Å². The van der Waals surface area contributed by atoms with Gasteiger partial charge in [0.2, 0.25) is 0 Å². The minimum absolute atomic E-state index is 0.332. The molecule has 67 heavy (non-hydrogen) atoms. The lowest BCUT2D eigenvalue weighted by Gasteiger charge is -2.68. The molecule has 2 heterocycles. The topological polar surface area (TPSA) is 0 Å². The van der Waals surface area contributed by atoms with E-state index >= 15 is 0 Å². The summed E-state index contributed by atoms with van der Waals surface area (Å²) in [5.74, 6) is 0. The Morgan fingerprint density at radius 1 is 0.224 bits per heavy atom. The Bertz CT molecular complexity index is 1540. The van der Waals surface area contributed by atoms with Gasteiger partial charge in [-0.15, -0.1) is 0 Å². The van der Waals surface area contributed by atoms with Crippen molar-refractivity contribution in [1.29, 1.82) is 0 Å². The molecule has 0 aromatic rings. The molecule has 0 atom stereocenters. The van der Waals surface area contributed by atoms with Gasteiger partial charge in [0.25, 0.3) is 0 Å². The largest absolute Gasteiger partial charge is 0.0982 e. The van der Waals surface area contributed by atoms with E-state index in [1.54, 1.807) is 25.7 Å². The van der Waals surface area contributed by atoms with E-state index in [4.69, 9.17) is 0 Å². The van der Waals surface area contributed by atoms with Crippen molar-refractivity contribution in [2.45, 2.75) is 354 Å². The van der Waals surface area contributed by atoms with Gasteiger partial charge in [0, 0.05) is 15.8 Å². The minimum Gasteiger partial charge on any atom is -0.0982 e. The number of hydrogen-bond donors (Lipinski definition) is 0. The van der Waals surface area contributed by atoms with Gasteiger partial charge in [-0.05, 0) is 57.4 Å². The van der Waals surface area contributed by atoms with Crippen LogP contribution in [0.15, 0.2) is 0 Å². The number of hydrogen-bond acceptors (Lipinski definition) is 0. The molecule has 0 unspecified atom stereocenters. The van der Waals surface area contributed by atoms with Crippen molar-refractivity contribution in [1.82, 2.24) is 0 Å². The first kappa shape index (κ1) is 65.5. The summed E-state index contributed by atoms with van der Waals surface area (Å²) >= 11 is 0. The SMILES string of the molecule is CC(C)(C)[Si](C)(C)C1([Si](C)(C)C(C)(C)C)CCC([Si](C)(C)C(C)(C)C)([Si](C)(C)C(C)(C)C)[Si]1=[Si]=[Si]1C([Si](C)(C)C(C)(C)C)([Si](C)(C)C(C)(C)C)CCC1([Si](C)(C)C(C)(C)C)[Si](C)(C)C(C)(C)C. The van der Waals surface area contributed by atoms with Crippen LogP contribution >= 0.6 is 0 Å². The summed E-state index contributed by atoms with van der Waals surface area (Å²) in [6.07, 6.45) is 6.26. The molecule has 2 aliphatic heterocycles. The predicted octanol–water partition coefficient (Wildman–Crippen LogP) is 21.6. The third kappa shape index (κ3) is 8.49. The van der Waals surface area contributed by atoms with Crippen LogP contribution in [0.5, 0.6) is 0 Å². The van der Waals surface area contributed by atoms with E-state index in [-0.39, 0.29) is 0 Å². The molecular weight excluding hydrogens is 982 g/mol. The Hall–Kier alpha value is 2.39. The van der Waals surface area contributed by atoms with Crippen molar-refractivity contribution in [3.8, 4) is 0 Å². The monoisotopic (exact) mass is 1110 g/mol. The average Bonchev–Trinajstić information content (AvgIpc) is 3.59. The summed E-state index contributed by atoms with van der Waals surface area (Å²) in [6.45, 7) is 116. The number of rotatable bonds is 8. The standard InChI is InChI=1S/C56H128Si11/c1-45(2,3)60(25,26)53(61(27,28)46(4,5)6)41-42-54(62(29,30)47(7,8)9,63(31,32)48(10,11)12)58(53)57-59-55(64(33,34)49(13,14)15,65(35,36)50(16,17)18)43-44-56(59,66(37,38)51(19,20)21)67(39,40)52(22,23)24/h41-44H2,1-40H3. The lowest BCUT2D eigenvalue weighted by atomic mass is 10.2. The lowest BCUT2D eigenvalue weighted by molar-refractivity contribution is 0.618. The lowest BCUT2D eigenvalue weighted by Crippen LogP contribution is -2.75. The summed E-state index contributed by atoms with van der Waals surface area (Å²) in [6, 6.07) is 0. The zero-order chi connectivity index (χ0) is 54.7. The van der Waals surface area contributed by atoms with Gasteiger partial charge in [0.1, 0.15) is 0 Å². The third-order valence-electron chi connectivity index (χ3n) is 27.2. The van der Waals surface area contributed by atoms with Gasteiger partial charge >= 0.3 is 0 Å². The second kappa shape index (κ2) is 17.5. The van der Waals surface area contributed by atoms with Gasteiger partial charge in [-0.1, -0.05) is 304 Å². The summed E-state index contributed by atoms with van der Waals surface area (Å²) in [7, 11) is -17.5. The minimum atomic E-state index is -2.07. The molecule has 0 amide bonds. The van der Waals surface area contributed by atoms with Crippen LogP contribution in [0, 0.1) is 0 Å². The summed E-state index contributed by atoms with van der Waals surface area (Å²) in [5, 5.41) is 2.66. The smallest absolute Gasteiger partial charge is 0.0570 e. The predicted molar refractivity (Wildman–Crippen MR) is 344 cm³/mol. The van der Waals surface area contributed by atoms with Gasteiger partial charge in [-0.3, -0.25) is 0 Å². The van der Waals surface area contributed by atoms with Gasteiger partial charge < -0.3 is 0 Å². The third-order valence-corrected chi connectivity index (χ3v) is 134. The maximum atomic E-state index is 3.08. The first-order chi connectivity index (χ1) is 28.4. The van der Waals surface area contributed by atoms with Crippen LogP contribution in [0.3, 0.4) is 0 Å². The van der Waals surface area contributed by atoms with Crippen LogP contribution in [0.2, 0.25) is 162 Å². The zero-order valence-electron chi connectivity index (χ0n) is 54.3. The molecule has 0 saturated carbocycles. The second-order valence-electron chi connectivity index (χ2n) is 36.5. The first-order valence-corrected chi connectivity index (χ1v) is 57.9. The zero-order valence-corrected chi connectivity index (χ0v) is 65.3. The van der Waals surface area contributed by atoms with Crippen LogP contribution in [0.4, 0.5) is 0 Å². The van der Waals surface area contributed by atoms with Crippen molar-refractivity contribution >= 4 is 88.1 Å². The van der Waals surface area contributed by atoms with Crippen LogP contribution in [-0.2, 0) is 0 Å². The molecule has 11 heteroatoms. The average molecular weight is 1110 g/mol. The molecule has 2 saturated heterocycles. The highest BCUT2D eigenvalue weighted by Gasteiger charge is 2.80. The molecule has 0 aromatic heterocycles. The highest BCUT2D eigenvalue weighted by Crippen LogP contribution is 2.80. The summed E-state index contributed by atoms with van der Waals surface area (Å²) < 4.78 is 2.07. The fraction of sp³-hybridized carbons (Fsp3) is 1.00. The summed E-state index contributed by atoms with van der Waals surface area (Å²) in [4.78, 5) is 0. The van der Waals surface area contributed by atoms with Crippen molar-refractivity contribution < 1.29 is 0 Å². The molecule has 2 rings (SSSR count). The van der Waals surface area contributed by atoms with E-state index in [1.807, 2.05) is 0 Å². The van der Waals surface area contributed by atoms with Crippen molar-refractivity contribution in [3.63, 3.8) is 0 Å². The van der Waals surface area contributed by atoms with E-state index in [2.05, 4.69) is 271 Å². The Morgan fingerprint density at radius 2 is 0.313 bits per heavy atom. The van der Waals surface area contributed by atoms with Crippen LogP contribution < -0.4 is 0 Å². The Balaban J connectivity index is 4.56. The van der Waals surface area contributed by atoms with E-state index in [1.165, 1.54) is 7.71 Å². The molecule has 396 valence electrons. The molecule has 2 fully saturated rings. The van der Waals surface area contributed by atoms with E-state index in [0.29, 0.717) is 57.4 Å². The van der Waals surface area contributed by atoms with Crippen LogP contribution in [-0.4, -0.2) is 88.1 Å². The van der Waals surface area contributed by atoms with Crippen molar-refractivity contribution in [3.05, 3.63) is 0 Å². The molecule has 2 aliphatic rings. The molecule has 0 radical (unpaired) electrons. The van der Waals surface area contributed by atoms with Gasteiger partial charge in [0.15, 0.2) is 0 Å². The van der Waals surface area contributed by atoms with Gasteiger partial charge in [-0.25, -0.2) is 0 Å². The molecule has 0 aromatic carbocycles. The molecular formula is C56H128Si11. The van der Waals surface area contributed by atoms with E-state index in [0.717, 1.165) is 0 Å². The molecule has 0 aliphatic carbocycles.